The zero-order chi connectivity index (χ0) is 19.6. The molecule has 2 aromatic rings. The molecule has 0 saturated carbocycles. The van der Waals surface area contributed by atoms with Gasteiger partial charge in [-0.15, -0.1) is 0 Å². The summed E-state index contributed by atoms with van der Waals surface area (Å²) in [5, 5.41) is 9.25. The second-order valence-corrected chi connectivity index (χ2v) is 8.21. The van der Waals surface area contributed by atoms with Gasteiger partial charge in [0, 0.05) is 10.2 Å². The molecule has 1 unspecified atom stereocenters. The molecule has 2 N–H and O–H groups in total. The molecule has 0 radical (unpaired) electrons. The summed E-state index contributed by atoms with van der Waals surface area (Å²) in [6, 6.07) is 16.9. The van der Waals surface area contributed by atoms with Crippen molar-refractivity contribution in [3.05, 3.63) is 74.7 Å². The highest BCUT2D eigenvalue weighted by molar-refractivity contribution is 9.10. The fourth-order valence-corrected chi connectivity index (χ4v) is 4.46. The molecular formula is C20H16BrN3O2S. The lowest BCUT2D eigenvalue weighted by Gasteiger charge is -2.18. The van der Waals surface area contributed by atoms with Crippen LogP contribution in [0.15, 0.2) is 63.6 Å². The zero-order valence-corrected chi connectivity index (χ0v) is 16.9. The summed E-state index contributed by atoms with van der Waals surface area (Å²) in [7, 11) is 0. The minimum atomic E-state index is -0.842. The van der Waals surface area contributed by atoms with Crippen LogP contribution < -0.4 is 10.6 Å². The predicted molar refractivity (Wildman–Crippen MR) is 110 cm³/mol. The largest absolute Gasteiger partial charge is 0.365 e. The third kappa shape index (κ3) is 4.07. The van der Waals surface area contributed by atoms with E-state index < -0.39 is 11.2 Å². The minimum Gasteiger partial charge on any atom is -0.365 e. The number of carbonyl (C=O) groups excluding carboxylic acids is 2. The summed E-state index contributed by atoms with van der Waals surface area (Å²) in [5.74, 6) is -1.01. The molecule has 1 atom stereocenters. The van der Waals surface area contributed by atoms with Crippen LogP contribution in [0.5, 0.6) is 0 Å². The van der Waals surface area contributed by atoms with Gasteiger partial charge in [0.2, 0.25) is 5.91 Å². The summed E-state index contributed by atoms with van der Waals surface area (Å²) in [4.78, 5) is 26.3. The summed E-state index contributed by atoms with van der Waals surface area (Å²) in [5.41, 5.74) is 7.89. The summed E-state index contributed by atoms with van der Waals surface area (Å²) in [6.45, 7) is 1.99. The van der Waals surface area contributed by atoms with E-state index in [1.807, 2.05) is 37.3 Å². The molecule has 27 heavy (non-hydrogen) atoms. The first-order valence-electron chi connectivity index (χ1n) is 8.16. The van der Waals surface area contributed by atoms with Crippen LogP contribution in [0.25, 0.3) is 0 Å². The van der Waals surface area contributed by atoms with Crippen molar-refractivity contribution in [1.82, 2.24) is 0 Å². The number of nitrogens with zero attached hydrogens (tertiary/aromatic N) is 2. The van der Waals surface area contributed by atoms with Gasteiger partial charge in [-0.05, 0) is 43.2 Å². The molecule has 2 aromatic carbocycles. The van der Waals surface area contributed by atoms with E-state index in [9.17, 15) is 14.9 Å². The number of hydrogen-bond donors (Lipinski definition) is 1. The Morgan fingerprint density at radius 3 is 2.59 bits per heavy atom. The molecule has 5 nitrogen and oxygen atoms in total. The van der Waals surface area contributed by atoms with Gasteiger partial charge in [-0.25, -0.2) is 0 Å². The average molecular weight is 442 g/mol. The maximum atomic E-state index is 13.1. The molecule has 1 heterocycles. The number of primary amides is 1. The quantitative estimate of drug-likeness (QED) is 0.578. The van der Waals surface area contributed by atoms with Gasteiger partial charge in [0.05, 0.1) is 5.25 Å². The number of halogens is 1. The maximum absolute atomic E-state index is 13.1. The van der Waals surface area contributed by atoms with Crippen LogP contribution >= 0.6 is 27.7 Å². The molecule has 0 bridgehead atoms. The Bertz CT molecular complexity index is 979. The van der Waals surface area contributed by atoms with Gasteiger partial charge in [0.15, 0.2) is 0 Å². The van der Waals surface area contributed by atoms with Crippen LogP contribution in [-0.4, -0.2) is 17.1 Å². The molecule has 1 saturated heterocycles. The first-order valence-corrected chi connectivity index (χ1v) is 9.84. The van der Waals surface area contributed by atoms with Crippen molar-refractivity contribution in [3.8, 4) is 6.07 Å². The van der Waals surface area contributed by atoms with Crippen LogP contribution in [0, 0.1) is 18.3 Å². The molecular weight excluding hydrogens is 426 g/mol. The van der Waals surface area contributed by atoms with Crippen LogP contribution in [0.1, 0.15) is 11.1 Å². The van der Waals surface area contributed by atoms with Crippen LogP contribution in [0.2, 0.25) is 0 Å². The number of hydrogen-bond acceptors (Lipinski definition) is 4. The molecule has 1 aliphatic rings. The van der Waals surface area contributed by atoms with E-state index in [0.29, 0.717) is 12.1 Å². The van der Waals surface area contributed by atoms with E-state index in [-0.39, 0.29) is 16.5 Å². The topological polar surface area (TPSA) is 87.2 Å². The highest BCUT2D eigenvalue weighted by Crippen LogP contribution is 2.42. The van der Waals surface area contributed by atoms with Crippen molar-refractivity contribution in [2.24, 2.45) is 5.73 Å². The number of nitriles is 1. The third-order valence-electron chi connectivity index (χ3n) is 4.11. The van der Waals surface area contributed by atoms with Gasteiger partial charge in [-0.1, -0.05) is 57.5 Å². The molecule has 0 aromatic heterocycles. The Labute approximate surface area is 170 Å². The maximum Gasteiger partial charge on any atom is 0.262 e. The molecule has 7 heteroatoms. The number of anilines is 1. The number of amides is 2. The van der Waals surface area contributed by atoms with Gasteiger partial charge < -0.3 is 5.73 Å². The Kier molecular flexibility index (Phi) is 5.68. The number of thioether (sulfide) groups is 1. The lowest BCUT2D eigenvalue weighted by molar-refractivity contribution is -0.117. The summed E-state index contributed by atoms with van der Waals surface area (Å²) >= 11 is 4.57. The standard InChI is InChI=1S/C20H16BrN3O2S/c1-12-3-2-4-13(9-12)10-17-19(26)24(15-7-5-14(21)6-8-15)20(27-17)16(11-22)18(23)25/h2-9,17H,10H2,1H3,(H2,23,25)/b20-16-. The number of rotatable bonds is 4. The lowest BCUT2D eigenvalue weighted by Crippen LogP contribution is -2.31. The highest BCUT2D eigenvalue weighted by Gasteiger charge is 2.40. The van der Waals surface area contributed by atoms with Gasteiger partial charge in [-0.3, -0.25) is 14.5 Å². The molecule has 1 fully saturated rings. The fourth-order valence-electron chi connectivity index (χ4n) is 2.88. The van der Waals surface area contributed by atoms with Crippen LogP contribution in [0.3, 0.4) is 0 Å². The minimum absolute atomic E-state index is 0.173. The summed E-state index contributed by atoms with van der Waals surface area (Å²) < 4.78 is 0.864. The Morgan fingerprint density at radius 2 is 2.00 bits per heavy atom. The van der Waals surface area contributed by atoms with E-state index >= 15 is 0 Å². The zero-order valence-electron chi connectivity index (χ0n) is 14.5. The molecule has 3 rings (SSSR count). The van der Waals surface area contributed by atoms with Crippen molar-refractivity contribution in [2.45, 2.75) is 18.6 Å². The number of aryl methyl sites for hydroxylation is 1. The molecule has 2 amide bonds. The van der Waals surface area contributed by atoms with Crippen molar-refractivity contribution in [2.75, 3.05) is 4.90 Å². The molecule has 136 valence electrons. The van der Waals surface area contributed by atoms with E-state index in [0.717, 1.165) is 15.6 Å². The van der Waals surface area contributed by atoms with E-state index in [1.165, 1.54) is 16.7 Å². The number of nitrogens with two attached hydrogens (primary N) is 1. The Balaban J connectivity index is 2.03. The molecule has 0 aliphatic carbocycles. The van der Waals surface area contributed by atoms with E-state index in [2.05, 4.69) is 15.9 Å². The summed E-state index contributed by atoms with van der Waals surface area (Å²) in [6.07, 6.45) is 0.499. The number of benzene rings is 2. The number of carbonyl (C=O) groups is 2. The third-order valence-corrected chi connectivity index (χ3v) is 5.90. The smallest absolute Gasteiger partial charge is 0.262 e. The fraction of sp³-hybridized carbons (Fsp3) is 0.150. The average Bonchev–Trinajstić information content (AvgIpc) is 2.92. The van der Waals surface area contributed by atoms with Crippen molar-refractivity contribution < 1.29 is 9.59 Å². The van der Waals surface area contributed by atoms with Gasteiger partial charge >= 0.3 is 0 Å². The van der Waals surface area contributed by atoms with E-state index in [4.69, 9.17) is 5.73 Å². The van der Waals surface area contributed by atoms with Gasteiger partial charge in [0.1, 0.15) is 16.7 Å². The molecule has 0 spiro atoms. The Hall–Kier alpha value is -2.56. The lowest BCUT2D eigenvalue weighted by atomic mass is 10.1. The first kappa shape index (κ1) is 19.2. The van der Waals surface area contributed by atoms with Crippen molar-refractivity contribution in [3.63, 3.8) is 0 Å². The predicted octanol–water partition coefficient (Wildman–Crippen LogP) is 3.67. The van der Waals surface area contributed by atoms with Gasteiger partial charge in [-0.2, -0.15) is 5.26 Å². The molecule has 1 aliphatic heterocycles. The second kappa shape index (κ2) is 7.99. The van der Waals surface area contributed by atoms with Crippen LogP contribution in [-0.2, 0) is 16.0 Å². The highest BCUT2D eigenvalue weighted by atomic mass is 79.9. The van der Waals surface area contributed by atoms with Crippen molar-refractivity contribution >= 4 is 45.2 Å². The second-order valence-electron chi connectivity index (χ2n) is 6.11. The van der Waals surface area contributed by atoms with Crippen molar-refractivity contribution in [1.29, 1.82) is 5.26 Å². The van der Waals surface area contributed by atoms with Crippen LogP contribution in [0.4, 0.5) is 5.69 Å². The normalized spacial score (nSPS) is 18.3. The SMILES string of the molecule is Cc1cccc(CC2S/C(=C(/C#N)C(N)=O)N(c3ccc(Br)cc3)C2=O)c1. The monoisotopic (exact) mass is 441 g/mol. The van der Waals surface area contributed by atoms with Gasteiger partial charge in [0.25, 0.3) is 5.91 Å². The Morgan fingerprint density at radius 1 is 1.30 bits per heavy atom. The van der Waals surface area contributed by atoms with E-state index in [1.54, 1.807) is 24.3 Å². The first-order chi connectivity index (χ1) is 12.9.